The Morgan fingerprint density at radius 3 is 2.29 bits per heavy atom. The lowest BCUT2D eigenvalue weighted by Gasteiger charge is -2.37. The predicted octanol–water partition coefficient (Wildman–Crippen LogP) is 2.16. The zero-order valence-corrected chi connectivity index (χ0v) is 23.2. The van der Waals surface area contributed by atoms with E-state index < -0.39 is 54.2 Å². The van der Waals surface area contributed by atoms with Gasteiger partial charge in [-0.25, -0.2) is 0 Å². The minimum absolute atomic E-state index is 0.0576. The van der Waals surface area contributed by atoms with Crippen molar-refractivity contribution in [2.45, 2.75) is 50.5 Å². The fraction of sp³-hybridized carbons (Fsp3) is 0.462. The van der Waals surface area contributed by atoms with Crippen LogP contribution >= 0.6 is 11.6 Å². The van der Waals surface area contributed by atoms with Crippen LogP contribution in [-0.4, -0.2) is 94.3 Å². The fourth-order valence-electron chi connectivity index (χ4n) is 3.86. The molecule has 3 rings (SSSR count). The van der Waals surface area contributed by atoms with Crippen LogP contribution in [0.15, 0.2) is 52.7 Å². The number of likely N-dealkylation sites (N-methyl/N-ethyl adjacent to an activating group) is 1. The van der Waals surface area contributed by atoms with Gasteiger partial charge in [-0.1, -0.05) is 11.6 Å². The van der Waals surface area contributed by atoms with Crippen molar-refractivity contribution in [1.82, 2.24) is 0 Å². The molecule has 0 aliphatic carbocycles. The highest BCUT2D eigenvalue weighted by atomic mass is 35.5. The Kier molecular flexibility index (Phi) is 12.1. The number of nitro benzene ring substituents is 1. The molecule has 0 spiro atoms. The first-order valence-corrected chi connectivity index (χ1v) is 13.3. The van der Waals surface area contributed by atoms with Crippen LogP contribution in [0.25, 0.3) is 0 Å². The highest BCUT2D eigenvalue weighted by Crippen LogP contribution is 2.30. The van der Waals surface area contributed by atoms with Crippen molar-refractivity contribution in [2.24, 2.45) is 10.2 Å². The Balaban J connectivity index is 1.39. The molecule has 0 amide bonds. The van der Waals surface area contributed by atoms with E-state index in [1.165, 1.54) is 18.2 Å². The first-order chi connectivity index (χ1) is 20.0. The van der Waals surface area contributed by atoms with Crippen molar-refractivity contribution < 1.29 is 49.1 Å². The van der Waals surface area contributed by atoms with Gasteiger partial charge >= 0.3 is 11.9 Å². The SMILES string of the molecule is CCN(CCOC(=O)CCC(=O)OC[C@H]1O[C@@H](O)[C@H](O)[C@@H](O)[C@H]1O)c1ccc(N=Nc2ccc([N+](=O)[O-])cc2Cl)cc1. The molecule has 1 aliphatic heterocycles. The minimum Gasteiger partial charge on any atom is -0.464 e. The number of ether oxygens (including phenoxy) is 3. The minimum atomic E-state index is -1.75. The number of azo groups is 1. The second-order valence-electron chi connectivity index (χ2n) is 9.13. The zero-order chi connectivity index (χ0) is 30.8. The zero-order valence-electron chi connectivity index (χ0n) is 22.5. The summed E-state index contributed by atoms with van der Waals surface area (Å²) in [5.74, 6) is -1.40. The van der Waals surface area contributed by atoms with Crippen LogP contribution in [0.2, 0.25) is 5.02 Å². The summed E-state index contributed by atoms with van der Waals surface area (Å²) in [5.41, 5.74) is 1.50. The fourth-order valence-corrected chi connectivity index (χ4v) is 4.08. The molecule has 5 atom stereocenters. The van der Waals surface area contributed by atoms with Gasteiger partial charge in [-0.3, -0.25) is 19.7 Å². The van der Waals surface area contributed by atoms with Crippen molar-refractivity contribution in [3.05, 3.63) is 57.6 Å². The molecule has 42 heavy (non-hydrogen) atoms. The summed E-state index contributed by atoms with van der Waals surface area (Å²) >= 11 is 6.03. The van der Waals surface area contributed by atoms with Gasteiger partial charge in [-0.15, -0.1) is 5.11 Å². The van der Waals surface area contributed by atoms with E-state index in [4.69, 9.17) is 25.8 Å². The van der Waals surface area contributed by atoms with E-state index in [0.29, 0.717) is 18.8 Å². The van der Waals surface area contributed by atoms with Crippen LogP contribution in [0.4, 0.5) is 22.7 Å². The number of non-ortho nitro benzene ring substituents is 1. The number of rotatable bonds is 13. The van der Waals surface area contributed by atoms with Crippen molar-refractivity contribution in [2.75, 3.05) is 31.2 Å². The number of nitro groups is 1. The third-order valence-electron chi connectivity index (χ3n) is 6.27. The Morgan fingerprint density at radius 1 is 1.00 bits per heavy atom. The number of hydrogen-bond donors (Lipinski definition) is 4. The van der Waals surface area contributed by atoms with Gasteiger partial charge in [0.05, 0.1) is 35.0 Å². The monoisotopic (exact) mass is 610 g/mol. The molecule has 1 saturated heterocycles. The molecule has 2 aromatic rings. The first kappa shape index (κ1) is 32.8. The molecule has 4 N–H and O–H groups in total. The van der Waals surface area contributed by atoms with Gasteiger partial charge in [0.1, 0.15) is 43.3 Å². The van der Waals surface area contributed by atoms with Gasteiger partial charge < -0.3 is 39.5 Å². The van der Waals surface area contributed by atoms with Gasteiger partial charge in [0, 0.05) is 24.4 Å². The molecule has 15 nitrogen and oxygen atoms in total. The van der Waals surface area contributed by atoms with E-state index in [-0.39, 0.29) is 35.8 Å². The lowest BCUT2D eigenvalue weighted by molar-refractivity contribution is -0.384. The molecular weight excluding hydrogens is 580 g/mol. The average Bonchev–Trinajstić information content (AvgIpc) is 2.98. The summed E-state index contributed by atoms with van der Waals surface area (Å²) in [5, 5.41) is 57.6. The molecule has 0 saturated carbocycles. The number of nitrogens with zero attached hydrogens (tertiary/aromatic N) is 4. The van der Waals surface area contributed by atoms with E-state index >= 15 is 0 Å². The van der Waals surface area contributed by atoms with Crippen molar-refractivity contribution in [3.63, 3.8) is 0 Å². The third kappa shape index (κ3) is 9.14. The molecule has 0 unspecified atom stereocenters. The maximum atomic E-state index is 12.1. The summed E-state index contributed by atoms with van der Waals surface area (Å²) in [7, 11) is 0. The highest BCUT2D eigenvalue weighted by molar-refractivity contribution is 6.33. The third-order valence-corrected chi connectivity index (χ3v) is 6.57. The van der Waals surface area contributed by atoms with Gasteiger partial charge in [0.25, 0.3) is 5.69 Å². The molecule has 228 valence electrons. The maximum Gasteiger partial charge on any atom is 0.306 e. The molecule has 2 aromatic carbocycles. The van der Waals surface area contributed by atoms with Crippen molar-refractivity contribution >= 4 is 46.3 Å². The summed E-state index contributed by atoms with van der Waals surface area (Å²) in [6.07, 6.45) is -8.49. The van der Waals surface area contributed by atoms with Gasteiger partial charge in [0.2, 0.25) is 0 Å². The van der Waals surface area contributed by atoms with Crippen LogP contribution in [-0.2, 0) is 23.8 Å². The van der Waals surface area contributed by atoms with Gasteiger partial charge in [-0.05, 0) is 37.3 Å². The smallest absolute Gasteiger partial charge is 0.306 e. The Bertz CT molecular complexity index is 1260. The number of aliphatic hydroxyl groups excluding tert-OH is 4. The molecule has 0 aromatic heterocycles. The molecule has 0 radical (unpaired) electrons. The number of carbonyl (C=O) groups is 2. The van der Waals surface area contributed by atoms with Gasteiger partial charge in [0.15, 0.2) is 6.29 Å². The van der Waals surface area contributed by atoms with Crippen LogP contribution < -0.4 is 4.90 Å². The van der Waals surface area contributed by atoms with E-state index in [1.54, 1.807) is 24.3 Å². The summed E-state index contributed by atoms with van der Waals surface area (Å²) < 4.78 is 15.1. The van der Waals surface area contributed by atoms with Gasteiger partial charge in [-0.2, -0.15) is 5.11 Å². The summed E-state index contributed by atoms with van der Waals surface area (Å²) in [4.78, 5) is 36.2. The van der Waals surface area contributed by atoms with Crippen LogP contribution in [0, 0.1) is 10.1 Å². The Hall–Kier alpha value is -3.73. The standard InChI is InChI=1S/C26H31ClN4O11/c1-2-30(16-5-3-15(4-6-16)28-29-19-8-7-17(31(38)39)13-18(19)27)11-12-40-21(32)9-10-22(33)41-14-20-23(34)24(35)25(36)26(37)42-20/h3-8,13,20,23-26,34-37H,2,9-12,14H2,1H3/t20-,23+,24+,25-,26-/m1/s1. The van der Waals surface area contributed by atoms with E-state index in [9.17, 15) is 40.1 Å². The number of halogens is 1. The van der Waals surface area contributed by atoms with E-state index in [2.05, 4.69) is 10.2 Å². The van der Waals surface area contributed by atoms with E-state index in [0.717, 1.165) is 5.69 Å². The number of esters is 2. The summed E-state index contributed by atoms with van der Waals surface area (Å²) in [6.45, 7) is 2.47. The Morgan fingerprint density at radius 2 is 1.67 bits per heavy atom. The number of aliphatic hydroxyl groups is 4. The lowest BCUT2D eigenvalue weighted by atomic mass is 9.99. The normalized spacial score (nSPS) is 22.1. The first-order valence-electron chi connectivity index (χ1n) is 12.9. The molecule has 0 bridgehead atoms. The van der Waals surface area contributed by atoms with Crippen molar-refractivity contribution in [3.8, 4) is 0 Å². The molecule has 16 heteroatoms. The topological polar surface area (TPSA) is 214 Å². The second-order valence-corrected chi connectivity index (χ2v) is 9.54. The molecule has 1 heterocycles. The highest BCUT2D eigenvalue weighted by Gasteiger charge is 2.43. The largest absolute Gasteiger partial charge is 0.464 e. The molecular formula is C26H31ClN4O11. The number of anilines is 1. The lowest BCUT2D eigenvalue weighted by Crippen LogP contribution is -2.58. The van der Waals surface area contributed by atoms with Crippen molar-refractivity contribution in [1.29, 1.82) is 0 Å². The second kappa shape index (κ2) is 15.5. The number of benzene rings is 2. The number of carbonyl (C=O) groups excluding carboxylic acids is 2. The summed E-state index contributed by atoms with van der Waals surface area (Å²) in [6, 6.07) is 10.9. The molecule has 1 aliphatic rings. The quantitative estimate of drug-likeness (QED) is 0.111. The van der Waals surface area contributed by atoms with Crippen LogP contribution in [0.3, 0.4) is 0 Å². The maximum absolute atomic E-state index is 12.1. The predicted molar refractivity (Wildman–Crippen MR) is 147 cm³/mol. The van der Waals surface area contributed by atoms with E-state index in [1.807, 2.05) is 11.8 Å². The number of hydrogen-bond acceptors (Lipinski definition) is 14. The van der Waals surface area contributed by atoms with Crippen LogP contribution in [0.1, 0.15) is 19.8 Å². The average molecular weight is 611 g/mol. The van der Waals surface area contributed by atoms with Crippen LogP contribution in [0.5, 0.6) is 0 Å². The molecule has 1 fully saturated rings. The Labute approximate surface area is 245 Å².